The maximum Gasteiger partial charge on any atom is 0.251 e. The average Bonchev–Trinajstić information content (AvgIpc) is 2.75. The third-order valence-electron chi connectivity index (χ3n) is 4.00. The Hall–Kier alpha value is -2.24. The second-order valence-electron chi connectivity index (χ2n) is 6.65. The molecule has 6 heteroatoms. The molecule has 1 aromatic heterocycles. The highest BCUT2D eigenvalue weighted by molar-refractivity contribution is 6.00. The number of hydrogen-bond acceptors (Lipinski definition) is 3. The molecule has 1 aromatic carbocycles. The van der Waals surface area contributed by atoms with Crippen LogP contribution in [0.3, 0.4) is 0 Å². The normalized spacial score (nSPS) is 19.5. The van der Waals surface area contributed by atoms with Crippen molar-refractivity contribution < 1.29 is 14.0 Å². The standard InChI is InChI=1S/C16H18FN3O2/c1-16(2,3)10-6-4-5-9-13(10)20(19-14(9)17)11-7-8-12(21)18-15(11)22/h4-6,11H,7-8H2,1-3H3,(H,18,21,22). The first kappa shape index (κ1) is 14.7. The van der Waals surface area contributed by atoms with E-state index in [2.05, 4.69) is 10.4 Å². The molecule has 22 heavy (non-hydrogen) atoms. The van der Waals surface area contributed by atoms with Gasteiger partial charge in [0.15, 0.2) is 0 Å². The molecule has 116 valence electrons. The highest BCUT2D eigenvalue weighted by Crippen LogP contribution is 2.33. The van der Waals surface area contributed by atoms with Gasteiger partial charge in [0.05, 0.1) is 10.9 Å². The van der Waals surface area contributed by atoms with E-state index in [4.69, 9.17) is 0 Å². The lowest BCUT2D eigenvalue weighted by Crippen LogP contribution is -2.42. The molecule has 2 amide bonds. The molecule has 3 rings (SSSR count). The van der Waals surface area contributed by atoms with Crippen molar-refractivity contribution in [3.63, 3.8) is 0 Å². The fourth-order valence-corrected chi connectivity index (χ4v) is 2.90. The summed E-state index contributed by atoms with van der Waals surface area (Å²) < 4.78 is 15.6. The summed E-state index contributed by atoms with van der Waals surface area (Å²) in [7, 11) is 0. The molecule has 1 aliphatic rings. The molecule has 1 saturated heterocycles. The lowest BCUT2D eigenvalue weighted by Gasteiger charge is -2.25. The summed E-state index contributed by atoms with van der Waals surface area (Å²) in [5.41, 5.74) is 1.33. The Balaban J connectivity index is 2.22. The quantitative estimate of drug-likeness (QED) is 0.823. The van der Waals surface area contributed by atoms with Crippen LogP contribution in [0, 0.1) is 5.95 Å². The number of para-hydroxylation sites is 1. The Morgan fingerprint density at radius 1 is 1.32 bits per heavy atom. The zero-order valence-corrected chi connectivity index (χ0v) is 12.8. The van der Waals surface area contributed by atoms with E-state index in [1.807, 2.05) is 26.8 Å². The van der Waals surface area contributed by atoms with Gasteiger partial charge in [-0.2, -0.15) is 4.39 Å². The van der Waals surface area contributed by atoms with Crippen LogP contribution in [0.1, 0.15) is 45.2 Å². The molecular weight excluding hydrogens is 285 g/mol. The van der Waals surface area contributed by atoms with E-state index in [1.165, 1.54) is 4.68 Å². The number of nitrogens with zero attached hydrogens (tertiary/aromatic N) is 2. The Labute approximate surface area is 127 Å². The van der Waals surface area contributed by atoms with Gasteiger partial charge in [0.2, 0.25) is 11.9 Å². The average molecular weight is 303 g/mol. The molecule has 2 aromatic rings. The van der Waals surface area contributed by atoms with Crippen molar-refractivity contribution in [1.29, 1.82) is 0 Å². The van der Waals surface area contributed by atoms with Crippen molar-refractivity contribution >= 4 is 22.7 Å². The van der Waals surface area contributed by atoms with Crippen molar-refractivity contribution in [1.82, 2.24) is 15.1 Å². The molecule has 0 spiro atoms. The van der Waals surface area contributed by atoms with Gasteiger partial charge in [-0.05, 0) is 23.5 Å². The summed E-state index contributed by atoms with van der Waals surface area (Å²) in [6.07, 6.45) is 0.566. The van der Waals surface area contributed by atoms with Gasteiger partial charge in [-0.25, -0.2) is 4.68 Å². The monoisotopic (exact) mass is 303 g/mol. The van der Waals surface area contributed by atoms with Crippen LogP contribution < -0.4 is 5.32 Å². The van der Waals surface area contributed by atoms with Crippen LogP contribution in [0.2, 0.25) is 0 Å². The van der Waals surface area contributed by atoms with Gasteiger partial charge in [-0.3, -0.25) is 14.9 Å². The maximum atomic E-state index is 14.2. The Morgan fingerprint density at radius 3 is 2.68 bits per heavy atom. The number of hydrogen-bond donors (Lipinski definition) is 1. The summed E-state index contributed by atoms with van der Waals surface area (Å²) in [5, 5.41) is 6.64. The number of amides is 2. The summed E-state index contributed by atoms with van der Waals surface area (Å²) in [5.74, 6) is -1.32. The van der Waals surface area contributed by atoms with Crippen LogP contribution in [-0.2, 0) is 15.0 Å². The number of aromatic nitrogens is 2. The third kappa shape index (κ3) is 2.28. The predicted molar refractivity (Wildman–Crippen MR) is 79.8 cm³/mol. The van der Waals surface area contributed by atoms with Crippen molar-refractivity contribution in [3.05, 3.63) is 29.7 Å². The number of nitrogens with one attached hydrogen (secondary N) is 1. The molecule has 1 unspecified atom stereocenters. The summed E-state index contributed by atoms with van der Waals surface area (Å²) in [6.45, 7) is 6.09. The lowest BCUT2D eigenvalue weighted by molar-refractivity contribution is -0.135. The van der Waals surface area contributed by atoms with Crippen LogP contribution in [0.4, 0.5) is 4.39 Å². The van der Waals surface area contributed by atoms with Crippen molar-refractivity contribution in [2.75, 3.05) is 0 Å². The molecule has 0 saturated carbocycles. The molecule has 2 heterocycles. The third-order valence-corrected chi connectivity index (χ3v) is 4.00. The van der Waals surface area contributed by atoms with Gasteiger partial charge >= 0.3 is 0 Å². The summed E-state index contributed by atoms with van der Waals surface area (Å²) in [6, 6.07) is 4.72. The number of imide groups is 1. The molecular formula is C16H18FN3O2. The molecule has 0 aliphatic carbocycles. The summed E-state index contributed by atoms with van der Waals surface area (Å²) in [4.78, 5) is 23.4. The van der Waals surface area contributed by atoms with Gasteiger partial charge in [0.1, 0.15) is 6.04 Å². The number of carbonyl (C=O) groups excluding carboxylic acids is 2. The predicted octanol–water partition coefficient (Wildman–Crippen LogP) is 2.45. The van der Waals surface area contributed by atoms with Crippen LogP contribution in [-0.4, -0.2) is 21.6 Å². The Kier molecular flexibility index (Phi) is 3.27. The number of fused-ring (bicyclic) bond motifs is 1. The Morgan fingerprint density at radius 2 is 2.05 bits per heavy atom. The zero-order valence-electron chi connectivity index (χ0n) is 12.8. The fraction of sp³-hybridized carbons (Fsp3) is 0.438. The molecule has 1 atom stereocenters. The van der Waals surface area contributed by atoms with Crippen LogP contribution in [0.15, 0.2) is 18.2 Å². The first-order chi connectivity index (χ1) is 10.3. The second kappa shape index (κ2) is 4.90. The first-order valence-corrected chi connectivity index (χ1v) is 7.30. The largest absolute Gasteiger partial charge is 0.295 e. The molecule has 1 aliphatic heterocycles. The van der Waals surface area contributed by atoms with E-state index >= 15 is 0 Å². The van der Waals surface area contributed by atoms with Crippen LogP contribution >= 0.6 is 0 Å². The highest BCUT2D eigenvalue weighted by atomic mass is 19.1. The zero-order chi connectivity index (χ0) is 16.1. The van der Waals surface area contributed by atoms with E-state index in [1.54, 1.807) is 12.1 Å². The Bertz CT molecular complexity index is 774. The fourth-order valence-electron chi connectivity index (χ4n) is 2.90. The van der Waals surface area contributed by atoms with E-state index in [9.17, 15) is 14.0 Å². The van der Waals surface area contributed by atoms with Crippen LogP contribution in [0.25, 0.3) is 10.9 Å². The minimum absolute atomic E-state index is 0.218. The first-order valence-electron chi connectivity index (χ1n) is 7.30. The van der Waals surface area contributed by atoms with Gasteiger partial charge in [0.25, 0.3) is 5.91 Å². The minimum Gasteiger partial charge on any atom is -0.295 e. The maximum absolute atomic E-state index is 14.2. The van der Waals surface area contributed by atoms with Gasteiger partial charge < -0.3 is 0 Å². The van der Waals surface area contributed by atoms with Crippen molar-refractivity contribution in [2.45, 2.75) is 45.1 Å². The molecule has 1 fully saturated rings. The number of benzene rings is 1. The van der Waals surface area contributed by atoms with E-state index in [-0.39, 0.29) is 17.7 Å². The van der Waals surface area contributed by atoms with Crippen molar-refractivity contribution in [2.24, 2.45) is 0 Å². The van der Waals surface area contributed by atoms with Gasteiger partial charge in [-0.1, -0.05) is 32.9 Å². The number of rotatable bonds is 1. The van der Waals surface area contributed by atoms with Crippen LogP contribution in [0.5, 0.6) is 0 Å². The summed E-state index contributed by atoms with van der Waals surface area (Å²) >= 11 is 0. The van der Waals surface area contributed by atoms with Crippen molar-refractivity contribution in [3.8, 4) is 0 Å². The lowest BCUT2D eigenvalue weighted by atomic mass is 9.85. The van der Waals surface area contributed by atoms with Gasteiger partial charge in [-0.15, -0.1) is 5.10 Å². The number of piperidine rings is 1. The highest BCUT2D eigenvalue weighted by Gasteiger charge is 2.32. The SMILES string of the molecule is CC(C)(C)c1cccc2c(F)nn(C3CCC(=O)NC3=O)c12. The molecule has 5 nitrogen and oxygen atoms in total. The minimum atomic E-state index is -0.659. The number of carbonyl (C=O) groups is 2. The number of halogens is 1. The van der Waals surface area contributed by atoms with E-state index < -0.39 is 17.9 Å². The van der Waals surface area contributed by atoms with E-state index in [0.29, 0.717) is 17.3 Å². The van der Waals surface area contributed by atoms with Gasteiger partial charge in [0, 0.05) is 6.42 Å². The topological polar surface area (TPSA) is 64.0 Å². The smallest absolute Gasteiger partial charge is 0.251 e. The molecule has 0 radical (unpaired) electrons. The van der Waals surface area contributed by atoms with E-state index in [0.717, 1.165) is 5.56 Å². The second-order valence-corrected chi connectivity index (χ2v) is 6.65. The molecule has 1 N–H and O–H groups in total. The molecule has 0 bridgehead atoms.